The topological polar surface area (TPSA) is 72.0 Å². The third-order valence-electron chi connectivity index (χ3n) is 2.17. The highest BCUT2D eigenvalue weighted by Crippen LogP contribution is 2.15. The Balaban J connectivity index is 2.33. The molecule has 0 unspecified atom stereocenters. The maximum Gasteiger partial charge on any atom is 0.264 e. The molecule has 5 nitrogen and oxygen atoms in total. The van der Waals surface area contributed by atoms with Crippen molar-refractivity contribution < 1.29 is 12.8 Å². The van der Waals surface area contributed by atoms with Crippen LogP contribution < -0.4 is 4.72 Å². The Hall–Kier alpha value is -1.73. The molecule has 0 spiro atoms. The number of sulfonamides is 1. The molecule has 2 aromatic rings. The maximum atomic E-state index is 12.8. The average Bonchev–Trinajstić information content (AvgIpc) is 2.27. The number of benzene rings is 1. The average molecular weight is 302 g/mol. The lowest BCUT2D eigenvalue weighted by Crippen LogP contribution is -2.15. The fraction of sp³-hybridized carbons (Fsp3) is 0.0909. The van der Waals surface area contributed by atoms with Crippen LogP contribution in [0.1, 0.15) is 5.69 Å². The minimum absolute atomic E-state index is 0.0878. The van der Waals surface area contributed by atoms with Crippen LogP contribution in [0, 0.1) is 12.7 Å². The molecule has 0 aliphatic carbocycles. The smallest absolute Gasteiger partial charge is 0.247 e. The molecule has 1 aromatic heterocycles. The van der Waals surface area contributed by atoms with E-state index in [0.717, 1.165) is 24.3 Å². The summed E-state index contributed by atoms with van der Waals surface area (Å²) in [5.74, 6) is -0.650. The molecule has 0 amide bonds. The number of rotatable bonds is 3. The molecular weight excluding hydrogens is 293 g/mol. The quantitative estimate of drug-likeness (QED) is 0.884. The molecular formula is C11H9ClFN3O2S. The lowest BCUT2D eigenvalue weighted by atomic mass is 10.4. The summed E-state index contributed by atoms with van der Waals surface area (Å²) in [6.45, 7) is 1.66. The van der Waals surface area contributed by atoms with Gasteiger partial charge in [0.15, 0.2) is 0 Å². The summed E-state index contributed by atoms with van der Waals surface area (Å²) < 4.78 is 38.9. The van der Waals surface area contributed by atoms with Gasteiger partial charge in [0.1, 0.15) is 11.0 Å². The van der Waals surface area contributed by atoms with Gasteiger partial charge in [0.25, 0.3) is 10.0 Å². The highest BCUT2D eigenvalue weighted by atomic mass is 35.5. The fourth-order valence-corrected chi connectivity index (χ4v) is 2.55. The van der Waals surface area contributed by atoms with E-state index in [4.69, 9.17) is 11.6 Å². The summed E-state index contributed by atoms with van der Waals surface area (Å²) in [5, 5.41) is 0.129. The fourth-order valence-electron chi connectivity index (χ4n) is 1.37. The number of nitrogens with one attached hydrogen (secondary N) is 1. The van der Waals surface area contributed by atoms with Crippen LogP contribution in [-0.4, -0.2) is 18.4 Å². The van der Waals surface area contributed by atoms with Crippen LogP contribution in [0.4, 0.5) is 10.3 Å². The van der Waals surface area contributed by atoms with Crippen molar-refractivity contribution in [2.75, 3.05) is 4.72 Å². The van der Waals surface area contributed by atoms with Crippen molar-refractivity contribution in [3.8, 4) is 0 Å². The maximum absolute atomic E-state index is 12.8. The minimum Gasteiger partial charge on any atom is -0.247 e. The van der Waals surface area contributed by atoms with Gasteiger partial charge < -0.3 is 0 Å². The molecule has 0 radical (unpaired) electrons. The second kappa shape index (κ2) is 5.10. The van der Waals surface area contributed by atoms with E-state index in [-0.39, 0.29) is 16.0 Å². The predicted molar refractivity (Wildman–Crippen MR) is 69.0 cm³/mol. The molecule has 0 bridgehead atoms. The van der Waals surface area contributed by atoms with Gasteiger partial charge in [-0.1, -0.05) is 11.6 Å². The number of aryl methyl sites for hydroxylation is 1. The van der Waals surface area contributed by atoms with Gasteiger partial charge in [-0.15, -0.1) is 0 Å². The van der Waals surface area contributed by atoms with Crippen molar-refractivity contribution >= 4 is 27.6 Å². The first-order valence-corrected chi connectivity index (χ1v) is 7.02. The summed E-state index contributed by atoms with van der Waals surface area (Å²) >= 11 is 5.71. The second-order valence-electron chi connectivity index (χ2n) is 3.72. The van der Waals surface area contributed by atoms with E-state index in [2.05, 4.69) is 14.7 Å². The Bertz CT molecular complexity index is 684. The van der Waals surface area contributed by atoms with Gasteiger partial charge in [-0.3, -0.25) is 0 Å². The lowest BCUT2D eigenvalue weighted by molar-refractivity contribution is 0.599. The van der Waals surface area contributed by atoms with Crippen molar-refractivity contribution in [1.82, 2.24) is 9.97 Å². The molecule has 2 rings (SSSR count). The highest BCUT2D eigenvalue weighted by Gasteiger charge is 2.16. The van der Waals surface area contributed by atoms with Crippen LogP contribution in [0.3, 0.4) is 0 Å². The molecule has 19 heavy (non-hydrogen) atoms. The standard InChI is InChI=1S/C11H9ClFN3O2S/c1-7-6-10(12)15-11(14-7)16-19(17,18)9-4-2-8(13)3-5-9/h2-6H,1H3,(H,14,15,16). The van der Waals surface area contributed by atoms with Crippen LogP contribution >= 0.6 is 11.6 Å². The number of anilines is 1. The van der Waals surface area contributed by atoms with Crippen molar-refractivity contribution in [3.05, 3.63) is 47.0 Å². The minimum atomic E-state index is -3.86. The van der Waals surface area contributed by atoms with Crippen LogP contribution in [0.25, 0.3) is 0 Å². The zero-order valence-corrected chi connectivity index (χ0v) is 11.3. The van der Waals surface area contributed by atoms with Crippen molar-refractivity contribution in [1.29, 1.82) is 0 Å². The monoisotopic (exact) mass is 301 g/mol. The zero-order valence-electron chi connectivity index (χ0n) is 9.76. The molecule has 100 valence electrons. The number of hydrogen-bond donors (Lipinski definition) is 1. The molecule has 8 heteroatoms. The number of aromatic nitrogens is 2. The molecule has 1 N–H and O–H groups in total. The first kappa shape index (κ1) is 13.7. The summed E-state index contributed by atoms with van der Waals surface area (Å²) in [7, 11) is -3.86. The first-order valence-electron chi connectivity index (χ1n) is 5.16. The molecule has 1 aromatic carbocycles. The Kier molecular flexibility index (Phi) is 3.68. The normalized spacial score (nSPS) is 11.3. The van der Waals surface area contributed by atoms with E-state index in [9.17, 15) is 12.8 Å². The molecule has 0 saturated heterocycles. The number of halogens is 2. The summed E-state index contributed by atoms with van der Waals surface area (Å²) in [6, 6.07) is 5.90. The Morgan fingerprint density at radius 2 is 1.84 bits per heavy atom. The largest absolute Gasteiger partial charge is 0.264 e. The molecule has 0 saturated carbocycles. The van der Waals surface area contributed by atoms with Crippen LogP contribution in [0.15, 0.2) is 35.2 Å². The number of hydrogen-bond acceptors (Lipinski definition) is 4. The van der Waals surface area contributed by atoms with Crippen molar-refractivity contribution in [2.45, 2.75) is 11.8 Å². The van der Waals surface area contributed by atoms with E-state index in [0.29, 0.717) is 5.69 Å². The van der Waals surface area contributed by atoms with E-state index < -0.39 is 15.8 Å². The van der Waals surface area contributed by atoms with Crippen LogP contribution in [0.5, 0.6) is 0 Å². The molecule has 0 aliphatic heterocycles. The Morgan fingerprint density at radius 1 is 1.21 bits per heavy atom. The summed E-state index contributed by atoms with van der Waals surface area (Å²) in [5.41, 5.74) is 0.525. The summed E-state index contributed by atoms with van der Waals surface area (Å²) in [4.78, 5) is 7.57. The van der Waals surface area contributed by atoms with E-state index in [1.807, 2.05) is 0 Å². The van der Waals surface area contributed by atoms with Crippen LogP contribution in [-0.2, 0) is 10.0 Å². The van der Waals surface area contributed by atoms with Crippen molar-refractivity contribution in [3.63, 3.8) is 0 Å². The van der Waals surface area contributed by atoms with Crippen LogP contribution in [0.2, 0.25) is 5.15 Å². The summed E-state index contributed by atoms with van der Waals surface area (Å²) in [6.07, 6.45) is 0. The highest BCUT2D eigenvalue weighted by molar-refractivity contribution is 7.92. The third kappa shape index (κ3) is 3.39. The predicted octanol–water partition coefficient (Wildman–Crippen LogP) is 2.38. The van der Waals surface area contributed by atoms with Gasteiger partial charge in [0, 0.05) is 5.69 Å². The van der Waals surface area contributed by atoms with E-state index >= 15 is 0 Å². The van der Waals surface area contributed by atoms with Gasteiger partial charge >= 0.3 is 0 Å². The molecule has 0 aliphatic rings. The van der Waals surface area contributed by atoms with Gasteiger partial charge in [-0.05, 0) is 37.3 Å². The van der Waals surface area contributed by atoms with Gasteiger partial charge in [-0.25, -0.2) is 27.5 Å². The van der Waals surface area contributed by atoms with E-state index in [1.165, 1.54) is 6.07 Å². The van der Waals surface area contributed by atoms with Gasteiger partial charge in [-0.2, -0.15) is 0 Å². The Labute approximate surface area is 114 Å². The number of nitrogens with zero attached hydrogens (tertiary/aromatic N) is 2. The van der Waals surface area contributed by atoms with E-state index in [1.54, 1.807) is 6.92 Å². The molecule has 0 fully saturated rings. The SMILES string of the molecule is Cc1cc(Cl)nc(NS(=O)(=O)c2ccc(F)cc2)n1. The van der Waals surface area contributed by atoms with Gasteiger partial charge in [0.05, 0.1) is 4.90 Å². The zero-order chi connectivity index (χ0) is 14.0. The second-order valence-corrected chi connectivity index (χ2v) is 5.78. The molecule has 0 atom stereocenters. The van der Waals surface area contributed by atoms with Crippen molar-refractivity contribution in [2.24, 2.45) is 0 Å². The lowest BCUT2D eigenvalue weighted by Gasteiger charge is -2.07. The molecule has 1 heterocycles. The first-order chi connectivity index (χ1) is 8.87. The Morgan fingerprint density at radius 3 is 2.42 bits per heavy atom. The van der Waals surface area contributed by atoms with Gasteiger partial charge in [0.2, 0.25) is 5.95 Å². The third-order valence-corrected chi connectivity index (χ3v) is 3.71.